The Hall–Kier alpha value is -2.32. The Balaban J connectivity index is 1.51. The molecule has 158 valence electrons. The second kappa shape index (κ2) is 9.22. The first-order valence-electron chi connectivity index (χ1n) is 10.0. The highest BCUT2D eigenvalue weighted by Crippen LogP contribution is 2.31. The Morgan fingerprint density at radius 2 is 2.10 bits per heavy atom. The van der Waals surface area contributed by atoms with E-state index < -0.39 is 0 Å². The average molecular weight is 444 g/mol. The molecule has 3 aromatic heterocycles. The minimum atomic E-state index is -0.0206. The zero-order valence-electron chi connectivity index (χ0n) is 17.0. The summed E-state index contributed by atoms with van der Waals surface area (Å²) in [5, 5.41) is 28.7. The van der Waals surface area contributed by atoms with Gasteiger partial charge in [0.1, 0.15) is 10.6 Å². The molecule has 2 unspecified atom stereocenters. The van der Waals surface area contributed by atoms with Gasteiger partial charge in [-0.15, -0.1) is 11.3 Å². The van der Waals surface area contributed by atoms with E-state index in [1.165, 1.54) is 11.3 Å². The zero-order valence-corrected chi connectivity index (χ0v) is 18.6. The highest BCUT2D eigenvalue weighted by atomic mass is 32.1. The molecule has 8 nitrogen and oxygen atoms in total. The maximum absolute atomic E-state index is 9.28. The molecule has 30 heavy (non-hydrogen) atoms. The van der Waals surface area contributed by atoms with E-state index in [1.807, 2.05) is 11.4 Å². The van der Waals surface area contributed by atoms with Gasteiger partial charge in [0.05, 0.1) is 22.9 Å². The molecule has 0 aromatic carbocycles. The Labute approximate surface area is 183 Å². The molecule has 0 aliphatic carbocycles. The lowest BCUT2D eigenvalue weighted by atomic mass is 9.92. The van der Waals surface area contributed by atoms with Crippen LogP contribution in [0.3, 0.4) is 0 Å². The number of fused-ring (bicyclic) bond motifs is 1. The van der Waals surface area contributed by atoms with Gasteiger partial charge >= 0.3 is 0 Å². The molecular formula is C20H25N7OS2. The molecule has 4 rings (SSSR count). The lowest BCUT2D eigenvalue weighted by molar-refractivity contribution is 0.0990. The molecule has 1 saturated heterocycles. The van der Waals surface area contributed by atoms with Crippen molar-refractivity contribution in [1.29, 1.82) is 5.26 Å². The van der Waals surface area contributed by atoms with Gasteiger partial charge in [0, 0.05) is 37.3 Å². The maximum Gasteiger partial charge on any atom is 0.226 e. The molecule has 0 bridgehead atoms. The van der Waals surface area contributed by atoms with Gasteiger partial charge in [-0.05, 0) is 38.1 Å². The number of piperidine rings is 1. The van der Waals surface area contributed by atoms with Crippen LogP contribution in [0, 0.1) is 11.3 Å². The van der Waals surface area contributed by atoms with Gasteiger partial charge in [-0.25, -0.2) is 9.97 Å². The van der Waals surface area contributed by atoms with E-state index in [0.717, 1.165) is 40.3 Å². The first-order chi connectivity index (χ1) is 14.6. The van der Waals surface area contributed by atoms with E-state index in [2.05, 4.69) is 40.4 Å². The SMILES string of the molecule is CC1CC(Nc2nc(Nc3ncc(CO)s3)c3ccsc3n2)CC(C)N1CCC#N. The molecule has 10 heteroatoms. The van der Waals surface area contributed by atoms with E-state index in [1.54, 1.807) is 17.5 Å². The van der Waals surface area contributed by atoms with E-state index in [4.69, 9.17) is 15.2 Å². The van der Waals surface area contributed by atoms with E-state index >= 15 is 0 Å². The first kappa shape index (κ1) is 20.9. The number of nitrogens with zero attached hydrogens (tertiary/aromatic N) is 5. The van der Waals surface area contributed by atoms with Crippen molar-refractivity contribution in [3.8, 4) is 6.07 Å². The molecule has 0 amide bonds. The summed E-state index contributed by atoms with van der Waals surface area (Å²) >= 11 is 2.99. The Morgan fingerprint density at radius 1 is 1.30 bits per heavy atom. The summed E-state index contributed by atoms with van der Waals surface area (Å²) in [5.41, 5.74) is 0. The van der Waals surface area contributed by atoms with E-state index in [-0.39, 0.29) is 12.6 Å². The second-order valence-electron chi connectivity index (χ2n) is 7.61. The highest BCUT2D eigenvalue weighted by molar-refractivity contribution is 7.17. The van der Waals surface area contributed by atoms with Gasteiger partial charge in [0.2, 0.25) is 5.95 Å². The fraction of sp³-hybridized carbons (Fsp3) is 0.500. The van der Waals surface area contributed by atoms with Gasteiger partial charge in [-0.2, -0.15) is 10.2 Å². The molecule has 0 spiro atoms. The number of nitriles is 1. The third-order valence-electron chi connectivity index (χ3n) is 5.46. The molecule has 1 fully saturated rings. The predicted molar refractivity (Wildman–Crippen MR) is 121 cm³/mol. The minimum Gasteiger partial charge on any atom is -0.391 e. The van der Waals surface area contributed by atoms with Crippen molar-refractivity contribution in [2.24, 2.45) is 0 Å². The summed E-state index contributed by atoms with van der Waals surface area (Å²) < 4.78 is 0. The monoisotopic (exact) mass is 443 g/mol. The number of likely N-dealkylation sites (tertiary alicyclic amines) is 1. The molecule has 1 aliphatic rings. The minimum absolute atomic E-state index is 0.0206. The van der Waals surface area contributed by atoms with Crippen LogP contribution in [-0.4, -0.2) is 49.6 Å². The smallest absolute Gasteiger partial charge is 0.226 e. The van der Waals surface area contributed by atoms with Crippen molar-refractivity contribution in [2.45, 2.75) is 57.8 Å². The summed E-state index contributed by atoms with van der Waals surface area (Å²) in [6.45, 7) is 5.24. The quantitative estimate of drug-likeness (QED) is 0.503. The normalized spacial score (nSPS) is 22.1. The molecule has 4 heterocycles. The van der Waals surface area contributed by atoms with Crippen LogP contribution in [-0.2, 0) is 6.61 Å². The van der Waals surface area contributed by atoms with E-state index in [9.17, 15) is 5.11 Å². The predicted octanol–water partition coefficient (Wildman–Crippen LogP) is 3.95. The number of thiazole rings is 1. The number of rotatable bonds is 7. The zero-order chi connectivity index (χ0) is 21.1. The van der Waals surface area contributed by atoms with Crippen molar-refractivity contribution >= 4 is 49.8 Å². The standard InChI is InChI=1S/C20H25N7OS2/c1-12-8-14(9-13(2)27(12)6-3-5-21)23-19-24-17(16-4-7-29-18(16)26-19)25-20-22-10-15(11-28)30-20/h4,7,10,12-14,28H,3,6,8-9,11H2,1-2H3,(H2,22,23,24,25,26). The lowest BCUT2D eigenvalue weighted by Crippen LogP contribution is -2.50. The second-order valence-corrected chi connectivity index (χ2v) is 9.62. The summed E-state index contributed by atoms with van der Waals surface area (Å²) in [6.07, 6.45) is 4.20. The number of aromatic nitrogens is 3. The third-order valence-corrected chi connectivity index (χ3v) is 7.16. The van der Waals surface area contributed by atoms with Crippen molar-refractivity contribution in [1.82, 2.24) is 19.9 Å². The Morgan fingerprint density at radius 3 is 2.80 bits per heavy atom. The summed E-state index contributed by atoms with van der Waals surface area (Å²) in [7, 11) is 0. The van der Waals surface area contributed by atoms with Crippen LogP contribution < -0.4 is 10.6 Å². The molecular weight excluding hydrogens is 418 g/mol. The van der Waals surface area contributed by atoms with Crippen LogP contribution >= 0.6 is 22.7 Å². The topological polar surface area (TPSA) is 110 Å². The van der Waals surface area contributed by atoms with Gasteiger partial charge < -0.3 is 15.7 Å². The summed E-state index contributed by atoms with van der Waals surface area (Å²) in [4.78, 5) is 17.9. The van der Waals surface area contributed by atoms with Crippen LogP contribution in [0.5, 0.6) is 0 Å². The fourth-order valence-electron chi connectivity index (χ4n) is 4.10. The van der Waals surface area contributed by atoms with Crippen molar-refractivity contribution in [3.05, 3.63) is 22.5 Å². The summed E-state index contributed by atoms with van der Waals surface area (Å²) in [5.74, 6) is 1.33. The van der Waals surface area contributed by atoms with Crippen LogP contribution in [0.15, 0.2) is 17.6 Å². The Kier molecular flexibility index (Phi) is 6.43. The first-order valence-corrected chi connectivity index (χ1v) is 11.7. The molecule has 3 N–H and O–H groups in total. The number of aliphatic hydroxyl groups excluding tert-OH is 1. The van der Waals surface area contributed by atoms with Crippen LogP contribution in [0.4, 0.5) is 16.9 Å². The maximum atomic E-state index is 9.28. The number of anilines is 3. The van der Waals surface area contributed by atoms with Gasteiger partial charge in [0.25, 0.3) is 0 Å². The number of aliphatic hydroxyl groups is 1. The largest absolute Gasteiger partial charge is 0.391 e. The van der Waals surface area contributed by atoms with Crippen molar-refractivity contribution in [3.63, 3.8) is 0 Å². The van der Waals surface area contributed by atoms with Crippen molar-refractivity contribution < 1.29 is 5.11 Å². The van der Waals surface area contributed by atoms with Gasteiger partial charge in [-0.3, -0.25) is 4.90 Å². The molecule has 1 aliphatic heterocycles. The number of thiophene rings is 1. The summed E-state index contributed by atoms with van der Waals surface area (Å²) in [6, 6.07) is 5.33. The highest BCUT2D eigenvalue weighted by Gasteiger charge is 2.31. The average Bonchev–Trinajstić information content (AvgIpc) is 3.36. The molecule has 2 atom stereocenters. The number of nitrogens with one attached hydrogen (secondary N) is 2. The molecule has 0 radical (unpaired) electrons. The third kappa shape index (κ3) is 4.54. The van der Waals surface area contributed by atoms with Crippen LogP contribution in [0.2, 0.25) is 0 Å². The number of hydrogen-bond acceptors (Lipinski definition) is 10. The Bertz CT molecular complexity index is 1030. The van der Waals surface area contributed by atoms with Gasteiger partial charge in [-0.1, -0.05) is 11.3 Å². The number of hydrogen-bond donors (Lipinski definition) is 3. The van der Waals surface area contributed by atoms with Crippen LogP contribution in [0.1, 0.15) is 38.0 Å². The van der Waals surface area contributed by atoms with Crippen LogP contribution in [0.25, 0.3) is 10.2 Å². The fourth-order valence-corrected chi connectivity index (χ4v) is 5.54. The van der Waals surface area contributed by atoms with Crippen molar-refractivity contribution in [2.75, 3.05) is 17.2 Å². The molecule has 0 saturated carbocycles. The molecule has 3 aromatic rings. The van der Waals surface area contributed by atoms with E-state index in [0.29, 0.717) is 29.6 Å². The lowest BCUT2D eigenvalue weighted by Gasteiger charge is -2.42. The van der Waals surface area contributed by atoms with Gasteiger partial charge in [0.15, 0.2) is 5.13 Å².